The van der Waals surface area contributed by atoms with Crippen LogP contribution in [0.15, 0.2) is 36.9 Å². The van der Waals surface area contributed by atoms with Crippen LogP contribution in [0.25, 0.3) is 6.08 Å². The fourth-order valence-electron chi connectivity index (χ4n) is 4.17. The average Bonchev–Trinajstić information content (AvgIpc) is 2.70. The highest BCUT2D eigenvalue weighted by atomic mass is 19.2. The zero-order chi connectivity index (χ0) is 20.1. The summed E-state index contributed by atoms with van der Waals surface area (Å²) in [7, 11) is 0. The van der Waals surface area contributed by atoms with Gasteiger partial charge in [-0.05, 0) is 74.5 Å². The third-order valence-corrected chi connectivity index (χ3v) is 5.80. The van der Waals surface area contributed by atoms with Gasteiger partial charge in [-0.25, -0.2) is 13.2 Å². The summed E-state index contributed by atoms with van der Waals surface area (Å²) in [6.45, 7) is 5.89. The number of benzene rings is 2. The van der Waals surface area contributed by atoms with Crippen molar-refractivity contribution in [2.24, 2.45) is 5.92 Å². The summed E-state index contributed by atoms with van der Waals surface area (Å²) in [5.74, 6) is -0.537. The van der Waals surface area contributed by atoms with Crippen LogP contribution in [0.1, 0.15) is 61.6 Å². The molecule has 0 aliphatic heterocycles. The fraction of sp³-hybridized carbons (Fsp3) is 0.417. The Kier molecular flexibility index (Phi) is 6.82. The van der Waals surface area contributed by atoms with Crippen LogP contribution in [-0.4, -0.2) is 6.61 Å². The highest BCUT2D eigenvalue weighted by Gasteiger charge is 2.25. The monoisotopic (exact) mass is 388 g/mol. The van der Waals surface area contributed by atoms with Crippen molar-refractivity contribution >= 4 is 6.08 Å². The van der Waals surface area contributed by atoms with Crippen molar-refractivity contribution in [2.45, 2.75) is 51.4 Å². The van der Waals surface area contributed by atoms with Crippen molar-refractivity contribution in [2.75, 3.05) is 6.61 Å². The molecule has 1 aliphatic carbocycles. The first-order valence-corrected chi connectivity index (χ1v) is 10.0. The Labute approximate surface area is 165 Å². The number of rotatable bonds is 7. The normalized spacial score (nSPS) is 19.4. The zero-order valence-electron chi connectivity index (χ0n) is 16.3. The van der Waals surface area contributed by atoms with E-state index >= 15 is 0 Å². The summed E-state index contributed by atoms with van der Waals surface area (Å²) >= 11 is 0. The van der Waals surface area contributed by atoms with Crippen molar-refractivity contribution in [1.82, 2.24) is 0 Å². The lowest BCUT2D eigenvalue weighted by atomic mass is 9.76. The molecule has 1 nitrogen and oxygen atoms in total. The molecule has 0 heterocycles. The Hall–Kier alpha value is -2.23. The molecule has 0 amide bonds. The van der Waals surface area contributed by atoms with Gasteiger partial charge >= 0.3 is 0 Å². The molecule has 3 rings (SSSR count). The first-order chi connectivity index (χ1) is 13.5. The highest BCUT2D eigenvalue weighted by Crippen LogP contribution is 2.39. The Morgan fingerprint density at radius 2 is 1.79 bits per heavy atom. The molecule has 1 fully saturated rings. The van der Waals surface area contributed by atoms with Crippen molar-refractivity contribution < 1.29 is 17.9 Å². The van der Waals surface area contributed by atoms with E-state index in [0.717, 1.165) is 37.7 Å². The summed E-state index contributed by atoms with van der Waals surface area (Å²) in [6.07, 6.45) is 6.46. The van der Waals surface area contributed by atoms with Crippen LogP contribution in [0.5, 0.6) is 5.75 Å². The molecule has 0 aromatic heterocycles. The van der Waals surface area contributed by atoms with Gasteiger partial charge in [-0.15, -0.1) is 0 Å². The first-order valence-electron chi connectivity index (χ1n) is 10.0. The maximum Gasteiger partial charge on any atom is 0.166 e. The van der Waals surface area contributed by atoms with E-state index in [2.05, 4.69) is 6.58 Å². The molecule has 0 saturated heterocycles. The molecule has 0 atom stereocenters. The molecule has 0 N–H and O–H groups in total. The average molecular weight is 388 g/mol. The Bertz CT molecular complexity index is 823. The minimum Gasteiger partial charge on any atom is -0.494 e. The summed E-state index contributed by atoms with van der Waals surface area (Å²) < 4.78 is 47.8. The van der Waals surface area contributed by atoms with Gasteiger partial charge in [0.25, 0.3) is 0 Å². The van der Waals surface area contributed by atoms with Crippen LogP contribution in [0, 0.1) is 23.4 Å². The van der Waals surface area contributed by atoms with E-state index in [9.17, 15) is 13.2 Å². The molecule has 0 unspecified atom stereocenters. The van der Waals surface area contributed by atoms with Gasteiger partial charge in [0.05, 0.1) is 6.61 Å². The molecule has 28 heavy (non-hydrogen) atoms. The van der Waals surface area contributed by atoms with Gasteiger partial charge < -0.3 is 4.74 Å². The molecule has 0 radical (unpaired) electrons. The molecule has 2 aromatic rings. The Morgan fingerprint density at radius 1 is 1.04 bits per heavy atom. The van der Waals surface area contributed by atoms with Crippen LogP contribution in [0.4, 0.5) is 13.2 Å². The van der Waals surface area contributed by atoms with Gasteiger partial charge in [-0.1, -0.05) is 30.9 Å². The van der Waals surface area contributed by atoms with E-state index in [4.69, 9.17) is 4.74 Å². The Balaban J connectivity index is 1.55. The summed E-state index contributed by atoms with van der Waals surface area (Å²) in [5, 5.41) is 0. The minimum atomic E-state index is -0.817. The Morgan fingerprint density at radius 3 is 2.43 bits per heavy atom. The quantitative estimate of drug-likeness (QED) is 0.494. The van der Waals surface area contributed by atoms with E-state index in [0.29, 0.717) is 30.3 Å². The molecule has 1 saturated carbocycles. The molecule has 0 bridgehead atoms. The van der Waals surface area contributed by atoms with E-state index in [1.54, 1.807) is 12.1 Å². The van der Waals surface area contributed by atoms with E-state index in [1.165, 1.54) is 12.1 Å². The van der Waals surface area contributed by atoms with Crippen molar-refractivity contribution in [3.8, 4) is 5.75 Å². The smallest absolute Gasteiger partial charge is 0.166 e. The predicted octanol–water partition coefficient (Wildman–Crippen LogP) is 7.05. The summed E-state index contributed by atoms with van der Waals surface area (Å²) in [6, 6.07) is 8.36. The van der Waals surface area contributed by atoms with Crippen LogP contribution in [-0.2, 0) is 6.42 Å². The number of hydrogen-bond acceptors (Lipinski definition) is 1. The minimum absolute atomic E-state index is 0.194. The number of halogens is 3. The van der Waals surface area contributed by atoms with E-state index in [-0.39, 0.29) is 17.3 Å². The van der Waals surface area contributed by atoms with Crippen molar-refractivity contribution in [3.63, 3.8) is 0 Å². The predicted molar refractivity (Wildman–Crippen MR) is 107 cm³/mol. The second-order valence-electron chi connectivity index (χ2n) is 7.52. The number of aryl methyl sites for hydroxylation is 1. The summed E-state index contributed by atoms with van der Waals surface area (Å²) in [5.41, 5.74) is 1.37. The number of ether oxygens (including phenoxy) is 1. The van der Waals surface area contributed by atoms with Gasteiger partial charge in [-0.3, -0.25) is 0 Å². The standard InChI is InChI=1S/C24H27F3O/c1-3-17-11-12-19(24(27)23(17)26)10-7-16-5-8-18(9-6-16)21-14-13-20(28-4-2)15-22(21)25/h3,11-16,18H,1,4-10H2,2H3. The second-order valence-corrected chi connectivity index (χ2v) is 7.52. The molecule has 150 valence electrons. The lowest BCUT2D eigenvalue weighted by Gasteiger charge is -2.29. The third kappa shape index (κ3) is 4.60. The maximum absolute atomic E-state index is 14.4. The fourth-order valence-corrected chi connectivity index (χ4v) is 4.17. The van der Waals surface area contributed by atoms with Gasteiger partial charge in [0.15, 0.2) is 11.6 Å². The zero-order valence-corrected chi connectivity index (χ0v) is 16.3. The lowest BCUT2D eigenvalue weighted by molar-refractivity contribution is 0.304. The van der Waals surface area contributed by atoms with Gasteiger partial charge in [0, 0.05) is 11.6 Å². The highest BCUT2D eigenvalue weighted by molar-refractivity contribution is 5.48. The molecule has 4 heteroatoms. The van der Waals surface area contributed by atoms with Gasteiger partial charge in [0.1, 0.15) is 11.6 Å². The SMILES string of the molecule is C=Cc1ccc(CCC2CCC(c3ccc(OCC)cc3F)CC2)c(F)c1F. The largest absolute Gasteiger partial charge is 0.494 e. The van der Waals surface area contributed by atoms with E-state index < -0.39 is 11.6 Å². The van der Waals surface area contributed by atoms with Gasteiger partial charge in [-0.2, -0.15) is 0 Å². The molecular weight excluding hydrogens is 361 g/mol. The molecular formula is C24H27F3O. The van der Waals surface area contributed by atoms with Crippen LogP contribution >= 0.6 is 0 Å². The van der Waals surface area contributed by atoms with Crippen LogP contribution < -0.4 is 4.74 Å². The maximum atomic E-state index is 14.4. The molecule has 0 spiro atoms. The summed E-state index contributed by atoms with van der Waals surface area (Å²) in [4.78, 5) is 0. The number of hydrogen-bond donors (Lipinski definition) is 0. The third-order valence-electron chi connectivity index (χ3n) is 5.80. The van der Waals surface area contributed by atoms with Gasteiger partial charge in [0.2, 0.25) is 0 Å². The van der Waals surface area contributed by atoms with Crippen molar-refractivity contribution in [1.29, 1.82) is 0 Å². The first kappa shape index (κ1) is 20.5. The van der Waals surface area contributed by atoms with Crippen LogP contribution in [0.3, 0.4) is 0 Å². The van der Waals surface area contributed by atoms with Crippen molar-refractivity contribution in [3.05, 3.63) is 71.1 Å². The molecule has 2 aromatic carbocycles. The molecule has 1 aliphatic rings. The van der Waals surface area contributed by atoms with Crippen LogP contribution in [0.2, 0.25) is 0 Å². The topological polar surface area (TPSA) is 9.23 Å². The second kappa shape index (κ2) is 9.31. The van der Waals surface area contributed by atoms with E-state index in [1.807, 2.05) is 19.1 Å². The lowest BCUT2D eigenvalue weighted by Crippen LogP contribution is -2.15.